The third-order valence-corrected chi connectivity index (χ3v) is 2.70. The summed E-state index contributed by atoms with van der Waals surface area (Å²) in [5, 5.41) is 0. The van der Waals surface area contributed by atoms with Gasteiger partial charge in [-0.25, -0.2) is 0 Å². The molecule has 0 saturated heterocycles. The van der Waals surface area contributed by atoms with Crippen LogP contribution in [-0.2, 0) is 0 Å². The van der Waals surface area contributed by atoms with Gasteiger partial charge in [-0.2, -0.15) is 0 Å². The van der Waals surface area contributed by atoms with Crippen molar-refractivity contribution in [3.63, 3.8) is 0 Å². The van der Waals surface area contributed by atoms with Gasteiger partial charge in [-0.3, -0.25) is 4.79 Å². The van der Waals surface area contributed by atoms with E-state index in [2.05, 4.69) is 11.1 Å². The van der Waals surface area contributed by atoms with E-state index in [1.165, 1.54) is 6.07 Å². The Labute approximate surface area is 100 Å². The van der Waals surface area contributed by atoms with Crippen LogP contribution in [0.25, 0.3) is 11.3 Å². The fraction of sp³-hybridized carbons (Fsp3) is 0.214. The molecule has 2 rings (SSSR count). The van der Waals surface area contributed by atoms with Crippen LogP contribution in [0.3, 0.4) is 0 Å². The number of aryl methyl sites for hydroxylation is 2. The van der Waals surface area contributed by atoms with Crippen molar-refractivity contribution in [2.24, 2.45) is 0 Å². The van der Waals surface area contributed by atoms with Gasteiger partial charge in [0, 0.05) is 11.6 Å². The fourth-order valence-corrected chi connectivity index (χ4v) is 2.03. The molecule has 17 heavy (non-hydrogen) atoms. The maximum atomic E-state index is 11.3. The zero-order chi connectivity index (χ0) is 12.4. The molecule has 0 aliphatic heterocycles. The Bertz CT molecular complexity index is 599. The molecule has 0 aliphatic rings. The molecule has 0 radical (unpaired) electrons. The molecule has 1 heterocycles. The van der Waals surface area contributed by atoms with E-state index in [1.54, 1.807) is 13.2 Å². The van der Waals surface area contributed by atoms with E-state index in [0.717, 1.165) is 28.1 Å². The predicted octanol–water partition coefficient (Wildman–Crippen LogP) is 2.67. The summed E-state index contributed by atoms with van der Waals surface area (Å²) in [4.78, 5) is 14.2. The quantitative estimate of drug-likeness (QED) is 0.860. The number of ether oxygens (including phenoxy) is 1. The van der Waals surface area contributed by atoms with Gasteiger partial charge >= 0.3 is 0 Å². The minimum atomic E-state index is -0.107. The highest BCUT2D eigenvalue weighted by Gasteiger charge is 2.10. The lowest BCUT2D eigenvalue weighted by molar-refractivity contribution is 0.415. The van der Waals surface area contributed by atoms with Crippen LogP contribution in [0.2, 0.25) is 0 Å². The highest BCUT2D eigenvalue weighted by molar-refractivity contribution is 5.71. The summed E-state index contributed by atoms with van der Waals surface area (Å²) in [6, 6.07) is 9.16. The van der Waals surface area contributed by atoms with Crippen LogP contribution in [0.5, 0.6) is 5.75 Å². The van der Waals surface area contributed by atoms with Crippen molar-refractivity contribution in [3.8, 4) is 17.0 Å². The van der Waals surface area contributed by atoms with Crippen LogP contribution in [-0.4, -0.2) is 12.1 Å². The highest BCUT2D eigenvalue weighted by atomic mass is 16.5. The minimum absolute atomic E-state index is 0.107. The Morgan fingerprint density at radius 2 is 1.94 bits per heavy atom. The molecule has 0 atom stereocenters. The van der Waals surface area contributed by atoms with Gasteiger partial charge in [0.15, 0.2) is 0 Å². The molecule has 0 aliphatic carbocycles. The van der Waals surface area contributed by atoms with Gasteiger partial charge in [0.25, 0.3) is 0 Å². The molecule has 3 nitrogen and oxygen atoms in total. The number of rotatable bonds is 2. The number of nitrogens with one attached hydrogen (secondary N) is 1. The first-order valence-electron chi connectivity index (χ1n) is 5.47. The smallest absolute Gasteiger partial charge is 0.248 e. The van der Waals surface area contributed by atoms with Crippen molar-refractivity contribution < 1.29 is 4.74 Å². The van der Waals surface area contributed by atoms with Crippen LogP contribution in [0.1, 0.15) is 11.1 Å². The number of benzene rings is 1. The summed E-state index contributed by atoms with van der Waals surface area (Å²) in [6.45, 7) is 4.03. The highest BCUT2D eigenvalue weighted by Crippen LogP contribution is 2.32. The van der Waals surface area contributed by atoms with Crippen molar-refractivity contribution in [2.45, 2.75) is 13.8 Å². The predicted molar refractivity (Wildman–Crippen MR) is 68.5 cm³/mol. The molecular formula is C14H15NO2. The van der Waals surface area contributed by atoms with Gasteiger partial charge in [-0.15, -0.1) is 0 Å². The lowest BCUT2D eigenvalue weighted by atomic mass is 10.0. The summed E-state index contributed by atoms with van der Waals surface area (Å²) in [7, 11) is 1.64. The molecule has 88 valence electrons. The second-order valence-electron chi connectivity index (χ2n) is 4.09. The maximum absolute atomic E-state index is 11.3. The Morgan fingerprint density at radius 1 is 1.18 bits per heavy atom. The molecule has 0 bridgehead atoms. The first-order valence-corrected chi connectivity index (χ1v) is 5.47. The number of methoxy groups -OCH3 is 1. The molecule has 1 aromatic carbocycles. The zero-order valence-corrected chi connectivity index (χ0v) is 10.2. The van der Waals surface area contributed by atoms with E-state index >= 15 is 0 Å². The number of hydrogen-bond donors (Lipinski definition) is 1. The van der Waals surface area contributed by atoms with E-state index in [-0.39, 0.29) is 5.56 Å². The van der Waals surface area contributed by atoms with Crippen LogP contribution in [0, 0.1) is 13.8 Å². The molecule has 0 fully saturated rings. The van der Waals surface area contributed by atoms with Crippen LogP contribution in [0.15, 0.2) is 35.1 Å². The molecule has 0 amide bonds. The number of hydrogen-bond acceptors (Lipinski definition) is 2. The van der Waals surface area contributed by atoms with Gasteiger partial charge < -0.3 is 9.72 Å². The topological polar surface area (TPSA) is 42.1 Å². The average Bonchev–Trinajstić information content (AvgIpc) is 2.27. The second kappa shape index (κ2) is 4.45. The van der Waals surface area contributed by atoms with E-state index in [9.17, 15) is 4.79 Å². The van der Waals surface area contributed by atoms with Crippen molar-refractivity contribution >= 4 is 0 Å². The van der Waals surface area contributed by atoms with Crippen LogP contribution < -0.4 is 10.3 Å². The molecule has 0 spiro atoms. The number of aromatic amines is 1. The van der Waals surface area contributed by atoms with E-state index < -0.39 is 0 Å². The summed E-state index contributed by atoms with van der Waals surface area (Å²) < 4.78 is 5.38. The minimum Gasteiger partial charge on any atom is -0.496 e. The Morgan fingerprint density at radius 3 is 2.59 bits per heavy atom. The molecule has 0 saturated carbocycles. The van der Waals surface area contributed by atoms with E-state index in [1.807, 2.05) is 26.0 Å². The molecule has 2 aromatic rings. The number of H-pyrrole nitrogens is 1. The molecular weight excluding hydrogens is 214 g/mol. The Hall–Kier alpha value is -2.03. The van der Waals surface area contributed by atoms with Crippen LogP contribution in [0.4, 0.5) is 0 Å². The normalized spacial score (nSPS) is 10.3. The van der Waals surface area contributed by atoms with Gasteiger partial charge in [0.2, 0.25) is 5.56 Å². The lowest BCUT2D eigenvalue weighted by Gasteiger charge is -2.12. The zero-order valence-electron chi connectivity index (χ0n) is 10.2. The van der Waals surface area contributed by atoms with Crippen molar-refractivity contribution in [1.82, 2.24) is 4.98 Å². The number of pyridine rings is 1. The van der Waals surface area contributed by atoms with E-state index in [4.69, 9.17) is 4.74 Å². The van der Waals surface area contributed by atoms with Crippen molar-refractivity contribution in [1.29, 1.82) is 0 Å². The summed E-state index contributed by atoms with van der Waals surface area (Å²) in [5.74, 6) is 0.782. The van der Waals surface area contributed by atoms with Crippen molar-refractivity contribution in [3.05, 3.63) is 51.8 Å². The monoisotopic (exact) mass is 229 g/mol. The Kier molecular flexibility index (Phi) is 3.00. The lowest BCUT2D eigenvalue weighted by Crippen LogP contribution is -2.05. The summed E-state index contributed by atoms with van der Waals surface area (Å²) in [6.07, 6.45) is 0. The molecule has 0 unspecified atom stereocenters. The maximum Gasteiger partial charge on any atom is 0.248 e. The molecule has 1 aromatic heterocycles. The van der Waals surface area contributed by atoms with Crippen LogP contribution >= 0.6 is 0 Å². The van der Waals surface area contributed by atoms with Gasteiger partial charge in [0.1, 0.15) is 5.75 Å². The van der Waals surface area contributed by atoms with Gasteiger partial charge in [-0.05, 0) is 37.1 Å². The second-order valence-corrected chi connectivity index (χ2v) is 4.09. The fourth-order valence-electron chi connectivity index (χ4n) is 2.03. The van der Waals surface area contributed by atoms with E-state index in [0.29, 0.717) is 0 Å². The standard InChI is InChI=1S/C14H15NO2/c1-9-7-10(2)14(12(8-9)17-3)11-5-4-6-13(16)15-11/h4-8H,1-3H3,(H,15,16). The first kappa shape index (κ1) is 11.5. The number of aromatic nitrogens is 1. The largest absolute Gasteiger partial charge is 0.496 e. The Balaban J connectivity index is 2.70. The van der Waals surface area contributed by atoms with Gasteiger partial charge in [0.05, 0.1) is 12.8 Å². The SMILES string of the molecule is COc1cc(C)cc(C)c1-c1cccc(=O)[nH]1. The average molecular weight is 229 g/mol. The molecule has 3 heteroatoms. The third kappa shape index (κ3) is 2.23. The third-order valence-electron chi connectivity index (χ3n) is 2.70. The summed E-state index contributed by atoms with van der Waals surface area (Å²) >= 11 is 0. The van der Waals surface area contributed by atoms with Gasteiger partial charge in [-0.1, -0.05) is 12.1 Å². The van der Waals surface area contributed by atoms with Crippen molar-refractivity contribution in [2.75, 3.05) is 7.11 Å². The first-order chi connectivity index (χ1) is 8.11. The molecule has 1 N–H and O–H groups in total. The summed E-state index contributed by atoms with van der Waals surface area (Å²) in [5.41, 5.74) is 3.84.